The highest BCUT2D eigenvalue weighted by molar-refractivity contribution is 5.98. The first-order valence-electron chi connectivity index (χ1n) is 6.41. The van der Waals surface area contributed by atoms with Crippen LogP contribution in [-0.4, -0.2) is 5.78 Å². The van der Waals surface area contributed by atoms with E-state index in [1.165, 1.54) is 0 Å². The molecule has 1 aliphatic rings. The smallest absolute Gasteiger partial charge is 0.169 e. The van der Waals surface area contributed by atoms with E-state index in [0.717, 1.165) is 43.9 Å². The lowest BCUT2D eigenvalue weighted by molar-refractivity contribution is 0.0692. The third-order valence-electron chi connectivity index (χ3n) is 4.02. The first-order chi connectivity index (χ1) is 8.42. The number of carbonyl (C=O) groups is 1. The molecule has 0 aliphatic heterocycles. The van der Waals surface area contributed by atoms with Gasteiger partial charge in [-0.15, -0.1) is 0 Å². The van der Waals surface area contributed by atoms with E-state index in [4.69, 9.17) is 0 Å². The Hall–Kier alpha value is -1.25. The monoisotopic (exact) mass is 252 g/mol. The van der Waals surface area contributed by atoms with E-state index in [2.05, 4.69) is 0 Å². The minimum absolute atomic E-state index is 0.102. The number of ketones is 1. The second-order valence-electron chi connectivity index (χ2n) is 5.78. The van der Waals surface area contributed by atoms with E-state index >= 15 is 0 Å². The zero-order valence-electron chi connectivity index (χ0n) is 10.8. The van der Waals surface area contributed by atoms with E-state index < -0.39 is 11.6 Å². The molecule has 2 rings (SSSR count). The molecule has 1 unspecified atom stereocenters. The summed E-state index contributed by atoms with van der Waals surface area (Å²) >= 11 is 0. The van der Waals surface area contributed by atoms with Crippen molar-refractivity contribution in [3.63, 3.8) is 0 Å². The maximum absolute atomic E-state index is 13.6. The maximum Gasteiger partial charge on any atom is 0.169 e. The molecular weight excluding hydrogens is 234 g/mol. The molecule has 0 aromatic heterocycles. The lowest BCUT2D eigenvalue weighted by Gasteiger charge is -2.37. The van der Waals surface area contributed by atoms with E-state index in [0.29, 0.717) is 0 Å². The number of hydrogen-bond acceptors (Lipinski definition) is 1. The third-order valence-corrected chi connectivity index (χ3v) is 4.02. The van der Waals surface area contributed by atoms with Crippen LogP contribution in [0, 0.1) is 23.0 Å². The Bertz CT molecular complexity index is 466. The van der Waals surface area contributed by atoms with Crippen molar-refractivity contribution in [2.24, 2.45) is 11.3 Å². The molecule has 1 aromatic carbocycles. The summed E-state index contributed by atoms with van der Waals surface area (Å²) in [5, 5.41) is 0. The largest absolute Gasteiger partial charge is 0.294 e. The van der Waals surface area contributed by atoms with Crippen LogP contribution in [0.1, 0.15) is 49.9 Å². The Morgan fingerprint density at radius 3 is 2.67 bits per heavy atom. The van der Waals surface area contributed by atoms with E-state index in [9.17, 15) is 13.6 Å². The number of Topliss-reactive ketones (excluding diaryl/α,β-unsaturated/α-hetero) is 1. The molecule has 18 heavy (non-hydrogen) atoms. The van der Waals surface area contributed by atoms with Crippen molar-refractivity contribution in [2.45, 2.75) is 39.5 Å². The molecule has 0 heterocycles. The van der Waals surface area contributed by atoms with Crippen LogP contribution >= 0.6 is 0 Å². The number of hydrogen-bond donors (Lipinski definition) is 0. The molecule has 1 fully saturated rings. The number of benzene rings is 1. The summed E-state index contributed by atoms with van der Waals surface area (Å²) in [5.41, 5.74) is -0.233. The van der Waals surface area contributed by atoms with Gasteiger partial charge in [0.05, 0.1) is 5.56 Å². The van der Waals surface area contributed by atoms with Gasteiger partial charge in [-0.25, -0.2) is 8.78 Å². The summed E-state index contributed by atoms with van der Waals surface area (Å²) in [6.45, 7) is 4.07. The van der Waals surface area contributed by atoms with Crippen LogP contribution in [0.3, 0.4) is 0 Å². The van der Waals surface area contributed by atoms with Gasteiger partial charge in [-0.3, -0.25) is 4.79 Å². The van der Waals surface area contributed by atoms with Crippen molar-refractivity contribution in [2.75, 3.05) is 0 Å². The van der Waals surface area contributed by atoms with Gasteiger partial charge < -0.3 is 0 Å². The summed E-state index contributed by atoms with van der Waals surface area (Å²) in [4.78, 5) is 12.4. The number of rotatable bonds is 2. The van der Waals surface area contributed by atoms with Crippen LogP contribution in [0.4, 0.5) is 8.78 Å². The van der Waals surface area contributed by atoms with Crippen LogP contribution in [0.2, 0.25) is 0 Å². The summed E-state index contributed by atoms with van der Waals surface area (Å²) in [6, 6.07) is 3.08. The minimum Gasteiger partial charge on any atom is -0.294 e. The minimum atomic E-state index is -0.622. The Morgan fingerprint density at radius 2 is 2.00 bits per heavy atom. The van der Waals surface area contributed by atoms with E-state index in [1.54, 1.807) is 0 Å². The predicted molar refractivity (Wildman–Crippen MR) is 66.4 cm³/mol. The molecule has 0 spiro atoms. The molecule has 1 aromatic rings. The average molecular weight is 252 g/mol. The number of halogens is 2. The molecule has 0 saturated heterocycles. The van der Waals surface area contributed by atoms with Crippen molar-refractivity contribution in [1.82, 2.24) is 0 Å². The van der Waals surface area contributed by atoms with Crippen molar-refractivity contribution >= 4 is 5.78 Å². The Morgan fingerprint density at radius 1 is 1.28 bits per heavy atom. The third kappa shape index (κ3) is 2.45. The summed E-state index contributed by atoms with van der Waals surface area (Å²) in [6.07, 6.45) is 3.81. The molecular formula is C15H18F2O. The van der Waals surface area contributed by atoms with E-state index in [1.807, 2.05) is 13.8 Å². The quantitative estimate of drug-likeness (QED) is 0.714. The van der Waals surface area contributed by atoms with Crippen LogP contribution in [0.5, 0.6) is 0 Å². The highest BCUT2D eigenvalue weighted by Gasteiger charge is 2.38. The van der Waals surface area contributed by atoms with Gasteiger partial charge in [0, 0.05) is 5.92 Å². The molecule has 0 bridgehead atoms. The van der Waals surface area contributed by atoms with Gasteiger partial charge in [-0.1, -0.05) is 26.7 Å². The van der Waals surface area contributed by atoms with Crippen molar-refractivity contribution in [1.29, 1.82) is 0 Å². The van der Waals surface area contributed by atoms with Crippen LogP contribution < -0.4 is 0 Å². The molecule has 1 saturated carbocycles. The lowest BCUT2D eigenvalue weighted by Crippen LogP contribution is -2.34. The number of carbonyl (C=O) groups excluding carboxylic acids is 1. The van der Waals surface area contributed by atoms with E-state index in [-0.39, 0.29) is 22.7 Å². The normalized spacial score (nSPS) is 22.8. The van der Waals surface area contributed by atoms with Gasteiger partial charge in [-0.2, -0.15) is 0 Å². The topological polar surface area (TPSA) is 17.1 Å². The molecule has 0 radical (unpaired) electrons. The molecule has 1 aliphatic carbocycles. The first-order valence-corrected chi connectivity index (χ1v) is 6.41. The van der Waals surface area contributed by atoms with Gasteiger partial charge in [0.2, 0.25) is 0 Å². The fourth-order valence-corrected chi connectivity index (χ4v) is 2.85. The van der Waals surface area contributed by atoms with Gasteiger partial charge in [0.15, 0.2) is 5.78 Å². The Kier molecular flexibility index (Phi) is 3.51. The summed E-state index contributed by atoms with van der Waals surface area (Å²) in [7, 11) is 0. The molecule has 98 valence electrons. The maximum atomic E-state index is 13.6. The van der Waals surface area contributed by atoms with Gasteiger partial charge in [0.1, 0.15) is 11.6 Å². The average Bonchev–Trinajstić information content (AvgIpc) is 2.31. The SMILES string of the molecule is CC1(C)CCCCC1C(=O)c1cc(F)ccc1F. The molecule has 0 N–H and O–H groups in total. The molecule has 3 heteroatoms. The fraction of sp³-hybridized carbons (Fsp3) is 0.533. The van der Waals surface area contributed by atoms with Crippen LogP contribution in [0.15, 0.2) is 18.2 Å². The predicted octanol–water partition coefficient (Wildman–Crippen LogP) is 4.36. The highest BCUT2D eigenvalue weighted by atomic mass is 19.1. The standard InChI is InChI=1S/C15H18F2O/c1-15(2)8-4-3-5-12(15)14(18)11-9-10(16)6-7-13(11)17/h6-7,9,12H,3-5,8H2,1-2H3. The van der Waals surface area contributed by atoms with Crippen molar-refractivity contribution in [3.8, 4) is 0 Å². The molecule has 1 atom stereocenters. The van der Waals surface area contributed by atoms with Gasteiger partial charge in [0.25, 0.3) is 0 Å². The van der Waals surface area contributed by atoms with Crippen LogP contribution in [-0.2, 0) is 0 Å². The van der Waals surface area contributed by atoms with Gasteiger partial charge >= 0.3 is 0 Å². The zero-order valence-corrected chi connectivity index (χ0v) is 10.8. The molecule has 0 amide bonds. The Labute approximate surface area is 106 Å². The lowest BCUT2D eigenvalue weighted by atomic mass is 9.66. The van der Waals surface area contributed by atoms with Crippen molar-refractivity contribution in [3.05, 3.63) is 35.4 Å². The summed E-state index contributed by atoms with van der Waals surface area (Å²) in [5.74, 6) is -1.64. The molecule has 1 nitrogen and oxygen atoms in total. The summed E-state index contributed by atoms with van der Waals surface area (Å²) < 4.78 is 26.8. The first kappa shape index (κ1) is 13.2. The van der Waals surface area contributed by atoms with Gasteiger partial charge in [-0.05, 0) is 36.5 Å². The second-order valence-corrected chi connectivity index (χ2v) is 5.78. The Balaban J connectivity index is 2.33. The van der Waals surface area contributed by atoms with Crippen LogP contribution in [0.25, 0.3) is 0 Å². The fourth-order valence-electron chi connectivity index (χ4n) is 2.85. The highest BCUT2D eigenvalue weighted by Crippen LogP contribution is 2.42. The van der Waals surface area contributed by atoms with Crippen molar-refractivity contribution < 1.29 is 13.6 Å². The second kappa shape index (κ2) is 4.79. The zero-order chi connectivity index (χ0) is 13.3.